The molecule has 0 aliphatic rings. The number of nitrogens with zero attached hydrogens (tertiary/aromatic N) is 3. The fourth-order valence-electron chi connectivity index (χ4n) is 1.11. The summed E-state index contributed by atoms with van der Waals surface area (Å²) in [4.78, 5) is 1.55. The van der Waals surface area contributed by atoms with E-state index < -0.39 is 22.0 Å². The van der Waals surface area contributed by atoms with E-state index in [1.54, 1.807) is 25.1 Å². The van der Waals surface area contributed by atoms with Crippen molar-refractivity contribution in [3.8, 4) is 0 Å². The molecular weight excluding hydrogens is 275 g/mol. The molecule has 0 saturated heterocycles. The van der Waals surface area contributed by atoms with Crippen LogP contribution in [0.5, 0.6) is 0 Å². The van der Waals surface area contributed by atoms with Crippen LogP contribution in [0.1, 0.15) is 11.9 Å². The zero-order valence-electron chi connectivity index (χ0n) is 9.48. The summed E-state index contributed by atoms with van der Waals surface area (Å²) in [6, 6.07) is -0.158. The molecule has 1 aromatic rings. The first-order valence-electron chi connectivity index (χ1n) is 4.65. The van der Waals surface area contributed by atoms with Crippen LogP contribution in [0.3, 0.4) is 0 Å². The Kier molecular flexibility index (Phi) is 4.48. The zero-order valence-corrected chi connectivity index (χ0v) is 11.1. The summed E-state index contributed by atoms with van der Waals surface area (Å²) in [5.74, 6) is 0.372. The van der Waals surface area contributed by atoms with E-state index in [1.165, 1.54) is 0 Å². The highest BCUT2D eigenvalue weighted by Crippen LogP contribution is 2.34. The van der Waals surface area contributed by atoms with E-state index in [0.717, 1.165) is 0 Å². The van der Waals surface area contributed by atoms with Gasteiger partial charge in [0, 0.05) is 35.9 Å². The Bertz CT molecular complexity index is 407. The van der Waals surface area contributed by atoms with Crippen molar-refractivity contribution in [2.75, 3.05) is 24.0 Å². The normalized spacial score (nSPS) is 15.6. The summed E-state index contributed by atoms with van der Waals surface area (Å²) in [5.41, 5.74) is 0. The Morgan fingerprint density at radius 1 is 1.47 bits per heavy atom. The lowest BCUT2D eigenvalue weighted by atomic mass is 10.4. The number of rotatable bonds is 4. The average molecular weight is 287 g/mol. The molecule has 0 aliphatic carbocycles. The third kappa shape index (κ3) is 3.91. The minimum atomic E-state index is -4.46. The van der Waals surface area contributed by atoms with Crippen LogP contribution in [0.2, 0.25) is 0 Å². The first-order chi connectivity index (χ1) is 7.71. The number of anilines is 1. The van der Waals surface area contributed by atoms with Crippen molar-refractivity contribution >= 4 is 27.3 Å². The Labute approximate surface area is 103 Å². The fraction of sp³-hybridized carbons (Fsp3) is 0.750. The molecule has 0 aromatic carbocycles. The lowest BCUT2D eigenvalue weighted by molar-refractivity contribution is -0.138. The van der Waals surface area contributed by atoms with Crippen LogP contribution in [-0.2, 0) is 17.0 Å². The number of hydrogen-bond donors (Lipinski definition) is 0. The van der Waals surface area contributed by atoms with Crippen molar-refractivity contribution in [2.24, 2.45) is 0 Å². The van der Waals surface area contributed by atoms with Gasteiger partial charge in [-0.05, 0) is 6.92 Å². The predicted octanol–water partition coefficient (Wildman–Crippen LogP) is 1.76. The monoisotopic (exact) mass is 287 g/mol. The molecule has 0 amide bonds. The molecular formula is C8H12F3N3OS2. The molecule has 98 valence electrons. The molecule has 1 aromatic heterocycles. The van der Waals surface area contributed by atoms with Gasteiger partial charge in [-0.25, -0.2) is 0 Å². The van der Waals surface area contributed by atoms with Crippen molar-refractivity contribution in [3.05, 3.63) is 5.01 Å². The molecule has 0 radical (unpaired) electrons. The summed E-state index contributed by atoms with van der Waals surface area (Å²) in [5, 5.41) is 5.79. The molecule has 0 fully saturated rings. The van der Waals surface area contributed by atoms with E-state index in [4.69, 9.17) is 0 Å². The average Bonchev–Trinajstić information content (AvgIpc) is 2.63. The first-order valence-corrected chi connectivity index (χ1v) is 7.19. The summed E-state index contributed by atoms with van der Waals surface area (Å²) in [7, 11) is 0.602. The summed E-state index contributed by atoms with van der Waals surface area (Å²) in [6.45, 7) is 1.77. The molecule has 0 spiro atoms. The highest BCUT2D eigenvalue weighted by molar-refractivity contribution is 7.84. The van der Waals surface area contributed by atoms with Crippen LogP contribution in [0.4, 0.5) is 18.3 Å². The van der Waals surface area contributed by atoms with Crippen LogP contribution in [0, 0.1) is 0 Å². The fourth-order valence-corrected chi connectivity index (χ4v) is 2.79. The molecule has 17 heavy (non-hydrogen) atoms. The van der Waals surface area contributed by atoms with Gasteiger partial charge in [-0.2, -0.15) is 13.2 Å². The second kappa shape index (κ2) is 5.30. The number of hydrogen-bond acceptors (Lipinski definition) is 5. The quantitative estimate of drug-likeness (QED) is 0.846. The standard InChI is InChI=1S/C8H12F3N3OS2/c1-5(4-17(3)15)14(2)7-13-12-6(16-7)8(9,10)11/h5H,4H2,1-3H3. The second-order valence-corrected chi connectivity index (χ2v) is 6.02. The minimum Gasteiger partial charge on any atom is -0.346 e. The first kappa shape index (κ1) is 14.4. The Balaban J connectivity index is 2.79. The Morgan fingerprint density at radius 3 is 2.47 bits per heavy atom. The van der Waals surface area contributed by atoms with Crippen LogP contribution >= 0.6 is 11.3 Å². The van der Waals surface area contributed by atoms with Crippen molar-refractivity contribution in [1.29, 1.82) is 0 Å². The van der Waals surface area contributed by atoms with E-state index in [1.807, 2.05) is 0 Å². The summed E-state index contributed by atoms with van der Waals surface area (Å²) >= 11 is 0.483. The van der Waals surface area contributed by atoms with Gasteiger partial charge < -0.3 is 4.90 Å². The smallest absolute Gasteiger partial charge is 0.346 e. The van der Waals surface area contributed by atoms with Gasteiger partial charge in [-0.3, -0.25) is 4.21 Å². The van der Waals surface area contributed by atoms with Crippen LogP contribution in [-0.4, -0.2) is 39.5 Å². The number of alkyl halides is 3. The Morgan fingerprint density at radius 2 is 2.06 bits per heavy atom. The predicted molar refractivity (Wildman–Crippen MR) is 61.7 cm³/mol. The van der Waals surface area contributed by atoms with Crippen LogP contribution < -0.4 is 4.90 Å². The van der Waals surface area contributed by atoms with Gasteiger partial charge in [0.2, 0.25) is 10.1 Å². The molecule has 0 aliphatic heterocycles. The highest BCUT2D eigenvalue weighted by atomic mass is 32.2. The van der Waals surface area contributed by atoms with Gasteiger partial charge in [0.05, 0.1) is 0 Å². The lowest BCUT2D eigenvalue weighted by Gasteiger charge is -2.22. The van der Waals surface area contributed by atoms with Gasteiger partial charge in [-0.1, -0.05) is 11.3 Å². The molecule has 9 heteroatoms. The van der Waals surface area contributed by atoms with Gasteiger partial charge in [-0.15, -0.1) is 10.2 Å². The maximum atomic E-state index is 12.3. The van der Waals surface area contributed by atoms with E-state index >= 15 is 0 Å². The molecule has 2 atom stereocenters. The van der Waals surface area contributed by atoms with Crippen molar-refractivity contribution < 1.29 is 17.4 Å². The molecule has 2 unspecified atom stereocenters. The molecule has 0 saturated carbocycles. The minimum absolute atomic E-state index is 0.158. The zero-order chi connectivity index (χ0) is 13.2. The maximum absolute atomic E-state index is 12.3. The van der Waals surface area contributed by atoms with E-state index in [2.05, 4.69) is 10.2 Å². The van der Waals surface area contributed by atoms with Crippen LogP contribution in [0.25, 0.3) is 0 Å². The molecule has 0 N–H and O–H groups in total. The molecule has 4 nitrogen and oxygen atoms in total. The van der Waals surface area contributed by atoms with Gasteiger partial charge in [0.1, 0.15) is 0 Å². The molecule has 1 heterocycles. The van der Waals surface area contributed by atoms with Crippen molar-refractivity contribution in [3.63, 3.8) is 0 Å². The van der Waals surface area contributed by atoms with Gasteiger partial charge in [0.25, 0.3) is 0 Å². The van der Waals surface area contributed by atoms with Gasteiger partial charge in [0.15, 0.2) is 0 Å². The topological polar surface area (TPSA) is 46.1 Å². The maximum Gasteiger partial charge on any atom is 0.445 e. The second-order valence-electron chi connectivity index (χ2n) is 3.59. The van der Waals surface area contributed by atoms with Crippen LogP contribution in [0.15, 0.2) is 0 Å². The van der Waals surface area contributed by atoms with E-state index in [9.17, 15) is 17.4 Å². The van der Waals surface area contributed by atoms with Crippen molar-refractivity contribution in [1.82, 2.24) is 10.2 Å². The summed E-state index contributed by atoms with van der Waals surface area (Å²) in [6.07, 6.45) is -2.92. The SMILES string of the molecule is CC(CS(C)=O)N(C)c1nnc(C(F)(F)F)s1. The third-order valence-corrected chi connectivity index (χ3v) is 4.11. The molecule has 0 bridgehead atoms. The number of halogens is 3. The summed E-state index contributed by atoms with van der Waals surface area (Å²) < 4.78 is 48.0. The van der Waals surface area contributed by atoms with Gasteiger partial charge >= 0.3 is 6.18 Å². The van der Waals surface area contributed by atoms with E-state index in [-0.39, 0.29) is 11.2 Å². The third-order valence-electron chi connectivity index (χ3n) is 2.10. The Hall–Kier alpha value is -0.700. The number of aromatic nitrogens is 2. The van der Waals surface area contributed by atoms with Crippen molar-refractivity contribution in [2.45, 2.75) is 19.1 Å². The molecule has 1 rings (SSSR count). The van der Waals surface area contributed by atoms with E-state index in [0.29, 0.717) is 17.1 Å². The lowest BCUT2D eigenvalue weighted by Crippen LogP contribution is -2.33. The highest BCUT2D eigenvalue weighted by Gasteiger charge is 2.36. The largest absolute Gasteiger partial charge is 0.445 e.